The summed E-state index contributed by atoms with van der Waals surface area (Å²) < 4.78 is 17.9. The van der Waals surface area contributed by atoms with Crippen molar-refractivity contribution in [2.45, 2.75) is 0 Å². The number of rotatable bonds is 1. The molecule has 72 valence electrons. The van der Waals surface area contributed by atoms with E-state index in [2.05, 4.69) is 4.98 Å². The van der Waals surface area contributed by atoms with E-state index in [1.807, 2.05) is 0 Å². The second-order valence-corrected chi connectivity index (χ2v) is 2.89. The molecule has 1 N–H and O–H groups in total. The van der Waals surface area contributed by atoms with Gasteiger partial charge in [-0.2, -0.15) is 0 Å². The van der Waals surface area contributed by atoms with Crippen molar-refractivity contribution in [3.63, 3.8) is 0 Å². The molecule has 1 aromatic carbocycles. The molecule has 4 heteroatoms. The molecule has 0 aliphatic heterocycles. The van der Waals surface area contributed by atoms with Crippen LogP contribution in [0.5, 0.6) is 5.75 Å². The van der Waals surface area contributed by atoms with Gasteiger partial charge in [-0.3, -0.25) is 4.79 Å². The van der Waals surface area contributed by atoms with Crippen molar-refractivity contribution >= 4 is 10.9 Å². The zero-order valence-electron chi connectivity index (χ0n) is 7.50. The smallest absolute Gasteiger partial charge is 0.252 e. The van der Waals surface area contributed by atoms with Gasteiger partial charge in [-0.25, -0.2) is 4.39 Å². The van der Waals surface area contributed by atoms with Crippen LogP contribution in [0.3, 0.4) is 0 Å². The molecule has 0 saturated carbocycles. The summed E-state index contributed by atoms with van der Waals surface area (Å²) in [6.45, 7) is 0. The van der Waals surface area contributed by atoms with E-state index in [9.17, 15) is 9.18 Å². The van der Waals surface area contributed by atoms with E-state index >= 15 is 0 Å². The van der Waals surface area contributed by atoms with Crippen molar-refractivity contribution in [1.29, 1.82) is 0 Å². The number of hydrogen-bond acceptors (Lipinski definition) is 2. The van der Waals surface area contributed by atoms with Gasteiger partial charge >= 0.3 is 0 Å². The Hall–Kier alpha value is -1.84. The van der Waals surface area contributed by atoms with Gasteiger partial charge in [0.05, 0.1) is 12.6 Å². The molecule has 0 unspecified atom stereocenters. The number of halogens is 1. The normalized spacial score (nSPS) is 10.4. The summed E-state index contributed by atoms with van der Waals surface area (Å²) in [6.07, 6.45) is 0. The molecule has 0 saturated heterocycles. The van der Waals surface area contributed by atoms with Crippen LogP contribution in [0.1, 0.15) is 0 Å². The van der Waals surface area contributed by atoms with Gasteiger partial charge in [-0.15, -0.1) is 0 Å². The van der Waals surface area contributed by atoms with E-state index in [1.165, 1.54) is 31.4 Å². The van der Waals surface area contributed by atoms with E-state index in [1.54, 1.807) is 0 Å². The molecule has 14 heavy (non-hydrogen) atoms. The van der Waals surface area contributed by atoms with Gasteiger partial charge in [0.25, 0.3) is 5.56 Å². The molecule has 0 aliphatic rings. The third-order valence-corrected chi connectivity index (χ3v) is 1.99. The first-order chi connectivity index (χ1) is 6.70. The lowest BCUT2D eigenvalue weighted by Gasteiger charge is -2.03. The van der Waals surface area contributed by atoms with Crippen LogP contribution in [-0.2, 0) is 0 Å². The fourth-order valence-corrected chi connectivity index (χ4v) is 1.36. The molecule has 0 fully saturated rings. The van der Waals surface area contributed by atoms with Gasteiger partial charge in [-0.1, -0.05) is 0 Å². The van der Waals surface area contributed by atoms with Crippen LogP contribution in [-0.4, -0.2) is 12.1 Å². The van der Waals surface area contributed by atoms with Gasteiger partial charge < -0.3 is 9.72 Å². The zero-order valence-corrected chi connectivity index (χ0v) is 7.50. The average Bonchev–Trinajstić information content (AvgIpc) is 2.17. The maximum atomic E-state index is 12.9. The fourth-order valence-electron chi connectivity index (χ4n) is 1.36. The number of ether oxygens (including phenoxy) is 1. The second kappa shape index (κ2) is 3.14. The molecule has 0 atom stereocenters. The molecule has 1 heterocycles. The van der Waals surface area contributed by atoms with Crippen LogP contribution >= 0.6 is 0 Å². The Morgan fingerprint density at radius 1 is 1.36 bits per heavy atom. The quantitative estimate of drug-likeness (QED) is 0.748. The number of hydrogen-bond donors (Lipinski definition) is 1. The van der Waals surface area contributed by atoms with Crippen LogP contribution in [0.15, 0.2) is 29.1 Å². The first-order valence-electron chi connectivity index (χ1n) is 4.07. The molecule has 0 spiro atoms. The monoisotopic (exact) mass is 193 g/mol. The number of benzene rings is 1. The maximum Gasteiger partial charge on any atom is 0.252 e. The largest absolute Gasteiger partial charge is 0.496 e. The molecule has 0 bridgehead atoms. The van der Waals surface area contributed by atoms with Crippen molar-refractivity contribution in [3.8, 4) is 5.75 Å². The Kier molecular flexibility index (Phi) is 1.96. The Balaban J connectivity index is 2.88. The zero-order chi connectivity index (χ0) is 10.1. The molecular formula is C10H8FNO2. The maximum absolute atomic E-state index is 12.9. The van der Waals surface area contributed by atoms with Gasteiger partial charge in [0.15, 0.2) is 0 Å². The number of methoxy groups -OCH3 is 1. The topological polar surface area (TPSA) is 42.1 Å². The molecule has 2 aromatic rings. The highest BCUT2D eigenvalue weighted by atomic mass is 19.1. The lowest BCUT2D eigenvalue weighted by Crippen LogP contribution is -2.05. The molecule has 0 amide bonds. The number of fused-ring (bicyclic) bond motifs is 1. The summed E-state index contributed by atoms with van der Waals surface area (Å²) in [4.78, 5) is 13.7. The number of nitrogens with one attached hydrogen (secondary N) is 1. The minimum Gasteiger partial charge on any atom is -0.496 e. The van der Waals surface area contributed by atoms with Crippen LogP contribution < -0.4 is 10.3 Å². The van der Waals surface area contributed by atoms with E-state index < -0.39 is 0 Å². The molecule has 3 nitrogen and oxygen atoms in total. The highest BCUT2D eigenvalue weighted by molar-refractivity contribution is 5.84. The second-order valence-electron chi connectivity index (χ2n) is 2.89. The van der Waals surface area contributed by atoms with E-state index in [4.69, 9.17) is 4.74 Å². The summed E-state index contributed by atoms with van der Waals surface area (Å²) in [5.74, 6) is 0.0195. The van der Waals surface area contributed by atoms with Crippen molar-refractivity contribution in [1.82, 2.24) is 4.98 Å². The van der Waals surface area contributed by atoms with Gasteiger partial charge in [-0.05, 0) is 18.2 Å². The Labute approximate surface area is 79.1 Å². The van der Waals surface area contributed by atoms with Gasteiger partial charge in [0.1, 0.15) is 11.6 Å². The van der Waals surface area contributed by atoms with E-state index in [-0.39, 0.29) is 11.4 Å². The molecule has 2 rings (SSSR count). The first kappa shape index (κ1) is 8.74. The number of aromatic nitrogens is 1. The van der Waals surface area contributed by atoms with E-state index in [0.29, 0.717) is 16.7 Å². The molecule has 1 aromatic heterocycles. The Morgan fingerprint density at radius 3 is 2.86 bits per heavy atom. The molecular weight excluding hydrogens is 185 g/mol. The highest BCUT2D eigenvalue weighted by Crippen LogP contribution is 2.22. The van der Waals surface area contributed by atoms with Crippen LogP contribution in [0.4, 0.5) is 4.39 Å². The predicted molar refractivity (Wildman–Crippen MR) is 51.1 cm³/mol. The lowest BCUT2D eigenvalue weighted by molar-refractivity contribution is 0.419. The fraction of sp³-hybridized carbons (Fsp3) is 0.100. The summed E-state index contributed by atoms with van der Waals surface area (Å²) >= 11 is 0. The van der Waals surface area contributed by atoms with Crippen molar-refractivity contribution in [2.75, 3.05) is 7.11 Å². The number of H-pyrrole nitrogens is 1. The number of pyridine rings is 1. The summed E-state index contributed by atoms with van der Waals surface area (Å²) in [7, 11) is 1.44. The molecule has 0 aliphatic carbocycles. The van der Waals surface area contributed by atoms with Crippen molar-refractivity contribution < 1.29 is 9.13 Å². The SMILES string of the molecule is COc1cc(=O)[nH]c2ccc(F)cc12. The minimum absolute atomic E-state index is 0.263. The third kappa shape index (κ3) is 1.35. The minimum atomic E-state index is -0.358. The van der Waals surface area contributed by atoms with Crippen LogP contribution in [0.25, 0.3) is 10.9 Å². The standard InChI is InChI=1S/C10H8FNO2/c1-14-9-5-10(13)12-8-3-2-6(11)4-7(8)9/h2-5H,1H3,(H,12,13). The Bertz CT molecular complexity index is 533. The van der Waals surface area contributed by atoms with Crippen LogP contribution in [0, 0.1) is 5.82 Å². The average molecular weight is 193 g/mol. The number of aromatic amines is 1. The van der Waals surface area contributed by atoms with Crippen LogP contribution in [0.2, 0.25) is 0 Å². The first-order valence-corrected chi connectivity index (χ1v) is 4.07. The van der Waals surface area contributed by atoms with Crippen molar-refractivity contribution in [3.05, 3.63) is 40.4 Å². The molecule has 0 radical (unpaired) electrons. The Morgan fingerprint density at radius 2 is 2.14 bits per heavy atom. The van der Waals surface area contributed by atoms with Crippen molar-refractivity contribution in [2.24, 2.45) is 0 Å². The van der Waals surface area contributed by atoms with Gasteiger partial charge in [0, 0.05) is 11.5 Å². The van der Waals surface area contributed by atoms with Gasteiger partial charge in [0.2, 0.25) is 0 Å². The predicted octanol–water partition coefficient (Wildman–Crippen LogP) is 1.68. The third-order valence-electron chi connectivity index (χ3n) is 1.99. The van der Waals surface area contributed by atoms with E-state index in [0.717, 1.165) is 0 Å². The lowest BCUT2D eigenvalue weighted by atomic mass is 10.2. The summed E-state index contributed by atoms with van der Waals surface area (Å²) in [6, 6.07) is 5.41. The highest BCUT2D eigenvalue weighted by Gasteiger charge is 2.04. The summed E-state index contributed by atoms with van der Waals surface area (Å²) in [5, 5.41) is 0.562. The summed E-state index contributed by atoms with van der Waals surface area (Å²) in [5.41, 5.74) is 0.303.